The molecule has 0 amide bonds. The quantitative estimate of drug-likeness (QED) is 0.925. The van der Waals surface area contributed by atoms with Gasteiger partial charge in [0.25, 0.3) is 0 Å². The monoisotopic (exact) mass is 268 g/mol. The van der Waals surface area contributed by atoms with Crippen molar-refractivity contribution in [2.75, 3.05) is 0 Å². The van der Waals surface area contributed by atoms with E-state index in [4.69, 9.17) is 33.7 Å². The number of pyridine rings is 1. The summed E-state index contributed by atoms with van der Waals surface area (Å²) >= 11 is 11.9. The van der Waals surface area contributed by atoms with Crippen LogP contribution in [0.4, 0.5) is 0 Å². The predicted octanol–water partition coefficient (Wildman–Crippen LogP) is 3.64. The van der Waals surface area contributed by atoms with Gasteiger partial charge in [0.05, 0.1) is 5.02 Å². The van der Waals surface area contributed by atoms with E-state index in [2.05, 4.69) is 4.98 Å². The smallest absolute Gasteiger partial charge is 0.223 e. The molecule has 0 atom stereocenters. The second-order valence-corrected chi connectivity index (χ2v) is 4.19. The highest BCUT2D eigenvalue weighted by atomic mass is 35.5. The van der Waals surface area contributed by atoms with E-state index in [0.29, 0.717) is 28.2 Å². The third kappa shape index (κ3) is 2.88. The molecule has 0 saturated heterocycles. The van der Waals surface area contributed by atoms with E-state index in [1.807, 2.05) is 6.07 Å². The molecule has 0 radical (unpaired) electrons. The Morgan fingerprint density at radius 3 is 2.82 bits per heavy atom. The van der Waals surface area contributed by atoms with Crippen molar-refractivity contribution in [3.63, 3.8) is 0 Å². The number of hydrogen-bond acceptors (Lipinski definition) is 3. The van der Waals surface area contributed by atoms with Crippen LogP contribution in [0.5, 0.6) is 11.6 Å². The first-order valence-corrected chi connectivity index (χ1v) is 5.73. The van der Waals surface area contributed by atoms with E-state index >= 15 is 0 Å². The molecule has 2 N–H and O–H groups in total. The average Bonchev–Trinajstić information content (AvgIpc) is 2.34. The minimum absolute atomic E-state index is 0.349. The molecule has 1 heterocycles. The second kappa shape index (κ2) is 5.36. The van der Waals surface area contributed by atoms with Crippen molar-refractivity contribution < 1.29 is 4.74 Å². The molecule has 1 aromatic carbocycles. The number of nitrogens with two attached hydrogens (primary N) is 1. The van der Waals surface area contributed by atoms with Crippen molar-refractivity contribution in [2.45, 2.75) is 6.54 Å². The van der Waals surface area contributed by atoms with Crippen LogP contribution >= 0.6 is 23.2 Å². The SMILES string of the molecule is NCc1cccnc1Oc1cc(Cl)ccc1Cl. The van der Waals surface area contributed by atoms with Gasteiger partial charge in [-0.1, -0.05) is 29.3 Å². The summed E-state index contributed by atoms with van der Waals surface area (Å²) in [6.45, 7) is 0.349. The van der Waals surface area contributed by atoms with Crippen LogP contribution in [0.3, 0.4) is 0 Å². The summed E-state index contributed by atoms with van der Waals surface area (Å²) in [5.41, 5.74) is 6.40. The maximum atomic E-state index is 6.00. The van der Waals surface area contributed by atoms with Gasteiger partial charge in [0.1, 0.15) is 5.75 Å². The van der Waals surface area contributed by atoms with Crippen molar-refractivity contribution in [3.05, 3.63) is 52.1 Å². The van der Waals surface area contributed by atoms with Gasteiger partial charge in [0.2, 0.25) is 5.88 Å². The van der Waals surface area contributed by atoms with Crippen LogP contribution in [-0.2, 0) is 6.54 Å². The third-order valence-electron chi connectivity index (χ3n) is 2.17. The highest BCUT2D eigenvalue weighted by Crippen LogP contribution is 2.32. The van der Waals surface area contributed by atoms with E-state index in [-0.39, 0.29) is 0 Å². The minimum atomic E-state index is 0.349. The summed E-state index contributed by atoms with van der Waals surface area (Å²) in [4.78, 5) is 4.11. The molecule has 2 rings (SSSR count). The fraction of sp³-hybridized carbons (Fsp3) is 0.0833. The zero-order valence-electron chi connectivity index (χ0n) is 8.86. The van der Waals surface area contributed by atoms with E-state index in [9.17, 15) is 0 Å². The van der Waals surface area contributed by atoms with Crippen molar-refractivity contribution in [1.82, 2.24) is 4.98 Å². The second-order valence-electron chi connectivity index (χ2n) is 3.35. The molecule has 5 heteroatoms. The van der Waals surface area contributed by atoms with Crippen LogP contribution in [0, 0.1) is 0 Å². The predicted molar refractivity (Wildman–Crippen MR) is 68.7 cm³/mol. The molecule has 0 fully saturated rings. The lowest BCUT2D eigenvalue weighted by Gasteiger charge is -2.09. The van der Waals surface area contributed by atoms with Crippen LogP contribution in [0.15, 0.2) is 36.5 Å². The van der Waals surface area contributed by atoms with Crippen LogP contribution in [0.25, 0.3) is 0 Å². The lowest BCUT2D eigenvalue weighted by atomic mass is 10.3. The lowest BCUT2D eigenvalue weighted by molar-refractivity contribution is 0.456. The highest BCUT2D eigenvalue weighted by molar-refractivity contribution is 6.34. The summed E-state index contributed by atoms with van der Waals surface area (Å²) < 4.78 is 5.60. The Hall–Kier alpha value is -1.29. The van der Waals surface area contributed by atoms with Gasteiger partial charge in [0.15, 0.2) is 0 Å². The van der Waals surface area contributed by atoms with Crippen LogP contribution in [-0.4, -0.2) is 4.98 Å². The minimum Gasteiger partial charge on any atom is -0.437 e. The number of aromatic nitrogens is 1. The molecular formula is C12H10Cl2N2O. The molecule has 0 aliphatic heterocycles. The van der Waals surface area contributed by atoms with Crippen molar-refractivity contribution in [1.29, 1.82) is 0 Å². The van der Waals surface area contributed by atoms with Crippen LogP contribution < -0.4 is 10.5 Å². The zero-order valence-corrected chi connectivity index (χ0v) is 10.4. The number of benzene rings is 1. The summed E-state index contributed by atoms with van der Waals surface area (Å²) in [6, 6.07) is 8.65. The first kappa shape index (κ1) is 12.2. The van der Waals surface area contributed by atoms with E-state index in [1.165, 1.54) is 0 Å². The number of rotatable bonds is 3. The van der Waals surface area contributed by atoms with E-state index in [1.54, 1.807) is 30.5 Å². The summed E-state index contributed by atoms with van der Waals surface area (Å²) in [7, 11) is 0. The number of halogens is 2. The Labute approximate surface area is 109 Å². The first-order chi connectivity index (χ1) is 8.20. The zero-order chi connectivity index (χ0) is 12.3. The molecule has 3 nitrogen and oxygen atoms in total. The largest absolute Gasteiger partial charge is 0.437 e. The number of ether oxygens (including phenoxy) is 1. The third-order valence-corrected chi connectivity index (χ3v) is 2.72. The fourth-order valence-electron chi connectivity index (χ4n) is 1.33. The van der Waals surface area contributed by atoms with Crippen molar-refractivity contribution >= 4 is 23.2 Å². The Balaban J connectivity index is 2.34. The lowest BCUT2D eigenvalue weighted by Crippen LogP contribution is -2.00. The van der Waals surface area contributed by atoms with Gasteiger partial charge in [-0.2, -0.15) is 0 Å². The van der Waals surface area contributed by atoms with Crippen LogP contribution in [0.1, 0.15) is 5.56 Å². The first-order valence-electron chi connectivity index (χ1n) is 4.97. The van der Waals surface area contributed by atoms with Gasteiger partial charge < -0.3 is 10.5 Å². The molecular weight excluding hydrogens is 259 g/mol. The summed E-state index contributed by atoms with van der Waals surface area (Å²) in [5, 5.41) is 1.03. The maximum Gasteiger partial charge on any atom is 0.223 e. The number of nitrogens with zero attached hydrogens (tertiary/aromatic N) is 1. The fourth-order valence-corrected chi connectivity index (χ4v) is 1.65. The topological polar surface area (TPSA) is 48.1 Å². The molecule has 0 saturated carbocycles. The summed E-state index contributed by atoms with van der Waals surface area (Å²) in [5.74, 6) is 0.909. The van der Waals surface area contributed by atoms with Gasteiger partial charge in [0, 0.05) is 29.4 Å². The van der Waals surface area contributed by atoms with Gasteiger partial charge in [-0.25, -0.2) is 4.98 Å². The standard InChI is InChI=1S/C12H10Cl2N2O/c13-9-3-4-10(14)11(6-9)17-12-8(7-15)2-1-5-16-12/h1-6H,7,15H2. The Kier molecular flexibility index (Phi) is 3.84. The Bertz CT molecular complexity index is 532. The highest BCUT2D eigenvalue weighted by Gasteiger charge is 2.08. The average molecular weight is 269 g/mol. The molecule has 0 unspecified atom stereocenters. The Morgan fingerprint density at radius 2 is 2.06 bits per heavy atom. The van der Waals surface area contributed by atoms with E-state index < -0.39 is 0 Å². The molecule has 88 valence electrons. The van der Waals surface area contributed by atoms with Crippen molar-refractivity contribution in [3.8, 4) is 11.6 Å². The van der Waals surface area contributed by atoms with Gasteiger partial charge in [-0.05, 0) is 18.2 Å². The van der Waals surface area contributed by atoms with Crippen molar-refractivity contribution in [2.24, 2.45) is 5.73 Å². The maximum absolute atomic E-state index is 6.00. The molecule has 0 aliphatic rings. The molecule has 0 spiro atoms. The molecule has 17 heavy (non-hydrogen) atoms. The van der Waals surface area contributed by atoms with Gasteiger partial charge in [-0.3, -0.25) is 0 Å². The summed E-state index contributed by atoms with van der Waals surface area (Å²) in [6.07, 6.45) is 1.63. The molecule has 1 aromatic heterocycles. The molecule has 2 aromatic rings. The van der Waals surface area contributed by atoms with E-state index in [0.717, 1.165) is 5.56 Å². The van der Waals surface area contributed by atoms with Gasteiger partial charge >= 0.3 is 0 Å². The van der Waals surface area contributed by atoms with Crippen LogP contribution in [0.2, 0.25) is 10.0 Å². The van der Waals surface area contributed by atoms with Gasteiger partial charge in [-0.15, -0.1) is 0 Å². The normalized spacial score (nSPS) is 10.3. The molecule has 0 aliphatic carbocycles. The Morgan fingerprint density at radius 1 is 1.24 bits per heavy atom. The number of hydrogen-bond donors (Lipinski definition) is 1. The molecule has 0 bridgehead atoms.